The second-order valence-corrected chi connectivity index (χ2v) is 9.62. The van der Waals surface area contributed by atoms with Gasteiger partial charge in [-0.05, 0) is 38.5 Å². The number of carbonyl (C=O) groups excluding carboxylic acids is 2. The highest BCUT2D eigenvalue weighted by Gasteiger charge is 2.34. The van der Waals surface area contributed by atoms with Crippen LogP contribution < -0.4 is 0 Å². The molecule has 1 aliphatic heterocycles. The van der Waals surface area contributed by atoms with E-state index in [1.807, 2.05) is 0 Å². The number of halogens is 2. The molecule has 0 radical (unpaired) electrons. The summed E-state index contributed by atoms with van der Waals surface area (Å²) < 4.78 is 27.2. The van der Waals surface area contributed by atoms with Crippen LogP contribution in [0.2, 0.25) is 10.0 Å². The highest BCUT2D eigenvalue weighted by molar-refractivity contribution is 7.89. The fourth-order valence-electron chi connectivity index (χ4n) is 3.64. The first-order chi connectivity index (χ1) is 13.6. The minimum Gasteiger partial charge on any atom is -0.354 e. The molecule has 0 aliphatic carbocycles. The first-order valence-electron chi connectivity index (χ1n) is 8.99. The van der Waals surface area contributed by atoms with Crippen molar-refractivity contribution in [2.75, 3.05) is 26.2 Å². The van der Waals surface area contributed by atoms with Crippen LogP contribution in [0.5, 0.6) is 0 Å². The van der Waals surface area contributed by atoms with E-state index in [0.29, 0.717) is 22.5 Å². The topological polar surface area (TPSA) is 90.6 Å². The van der Waals surface area contributed by atoms with Gasteiger partial charge in [-0.15, -0.1) is 0 Å². The maximum absolute atomic E-state index is 13.0. The number of sulfonamides is 1. The smallest absolute Gasteiger partial charge is 0.270 e. The quantitative estimate of drug-likeness (QED) is 0.712. The lowest BCUT2D eigenvalue weighted by molar-refractivity contribution is 0.0691. The van der Waals surface area contributed by atoms with Crippen molar-refractivity contribution >= 4 is 44.9 Å². The summed E-state index contributed by atoms with van der Waals surface area (Å²) in [5.41, 5.74) is 2.13. The molecule has 1 aliphatic rings. The van der Waals surface area contributed by atoms with Gasteiger partial charge in [-0.3, -0.25) is 9.59 Å². The molecule has 1 amide bonds. The molecule has 1 aromatic carbocycles. The summed E-state index contributed by atoms with van der Waals surface area (Å²) >= 11 is 12.1. The molecular formula is C19H21Cl2N3O4S. The predicted octanol–water partition coefficient (Wildman–Crippen LogP) is 3.29. The minimum absolute atomic E-state index is 0.0604. The van der Waals surface area contributed by atoms with Crippen LogP contribution >= 0.6 is 23.2 Å². The Morgan fingerprint density at radius 3 is 2.07 bits per heavy atom. The van der Waals surface area contributed by atoms with Crippen molar-refractivity contribution in [2.45, 2.75) is 25.7 Å². The Balaban J connectivity index is 1.78. The van der Waals surface area contributed by atoms with E-state index in [1.165, 1.54) is 23.4 Å². The number of piperazine rings is 1. The van der Waals surface area contributed by atoms with Crippen molar-refractivity contribution in [3.8, 4) is 0 Å². The van der Waals surface area contributed by atoms with Gasteiger partial charge in [-0.2, -0.15) is 4.31 Å². The van der Waals surface area contributed by atoms with Crippen molar-refractivity contribution in [1.29, 1.82) is 0 Å². The van der Waals surface area contributed by atoms with Crippen molar-refractivity contribution in [1.82, 2.24) is 14.2 Å². The average Bonchev–Trinajstić information content (AvgIpc) is 2.95. The normalized spacial score (nSPS) is 15.6. The number of aryl methyl sites for hydroxylation is 1. The fourth-order valence-corrected chi connectivity index (χ4v) is 6.15. The number of benzene rings is 1. The van der Waals surface area contributed by atoms with Gasteiger partial charge in [0, 0.05) is 37.4 Å². The molecular weight excluding hydrogens is 437 g/mol. The number of hydrogen-bond acceptors (Lipinski definition) is 4. The molecule has 2 aromatic rings. The predicted molar refractivity (Wildman–Crippen MR) is 111 cm³/mol. The van der Waals surface area contributed by atoms with Crippen LogP contribution in [-0.4, -0.2) is 60.5 Å². The van der Waals surface area contributed by atoms with Crippen LogP contribution in [0.15, 0.2) is 23.1 Å². The molecule has 0 unspecified atom stereocenters. The second-order valence-electron chi connectivity index (χ2n) is 6.93. The molecule has 1 saturated heterocycles. The van der Waals surface area contributed by atoms with E-state index in [0.717, 1.165) is 0 Å². The summed E-state index contributed by atoms with van der Waals surface area (Å²) in [4.78, 5) is 29.2. The van der Waals surface area contributed by atoms with Gasteiger partial charge < -0.3 is 9.88 Å². The summed E-state index contributed by atoms with van der Waals surface area (Å²) in [5.74, 6) is -0.367. The second kappa shape index (κ2) is 8.10. The zero-order chi connectivity index (χ0) is 21.5. The first-order valence-corrected chi connectivity index (χ1v) is 11.2. The summed E-state index contributed by atoms with van der Waals surface area (Å²) in [5, 5.41) is 0.121. The molecule has 29 heavy (non-hydrogen) atoms. The van der Waals surface area contributed by atoms with Crippen molar-refractivity contribution < 1.29 is 18.0 Å². The molecule has 0 atom stereocenters. The highest BCUT2D eigenvalue weighted by Crippen LogP contribution is 2.32. The Hall–Kier alpha value is -1.87. The number of nitrogens with one attached hydrogen (secondary N) is 1. The number of amides is 1. The Labute approximate surface area is 179 Å². The van der Waals surface area contributed by atoms with E-state index in [-0.39, 0.29) is 52.8 Å². The Kier molecular flexibility index (Phi) is 6.10. The van der Waals surface area contributed by atoms with Crippen LogP contribution in [0.1, 0.15) is 39.0 Å². The van der Waals surface area contributed by atoms with E-state index < -0.39 is 10.0 Å². The van der Waals surface area contributed by atoms with Crippen LogP contribution in [0.3, 0.4) is 0 Å². The number of Topliss-reactive ketones (excluding diaryl/α,β-unsaturated/α-hetero) is 1. The standard InChI is InChI=1S/C19H21Cl2N3O4S/c1-11-16(13(3)25)12(2)22-17(11)19(26)23-7-9-24(10-8-23)29(27,28)18-14(20)5-4-6-15(18)21/h4-6,22H,7-10H2,1-3H3. The molecule has 0 saturated carbocycles. The van der Waals surface area contributed by atoms with E-state index >= 15 is 0 Å². The zero-order valence-electron chi connectivity index (χ0n) is 16.3. The molecule has 7 nitrogen and oxygen atoms in total. The van der Waals surface area contributed by atoms with Crippen LogP contribution in [0.4, 0.5) is 0 Å². The van der Waals surface area contributed by atoms with E-state index in [9.17, 15) is 18.0 Å². The number of hydrogen-bond donors (Lipinski definition) is 1. The highest BCUT2D eigenvalue weighted by atomic mass is 35.5. The molecule has 3 rings (SSSR count). The van der Waals surface area contributed by atoms with Crippen LogP contribution in [-0.2, 0) is 10.0 Å². The Morgan fingerprint density at radius 2 is 1.59 bits per heavy atom. The van der Waals surface area contributed by atoms with Crippen molar-refractivity contribution in [2.24, 2.45) is 0 Å². The Bertz CT molecular complexity index is 1070. The van der Waals surface area contributed by atoms with Gasteiger partial charge in [0.2, 0.25) is 10.0 Å². The summed E-state index contributed by atoms with van der Waals surface area (Å²) in [7, 11) is -3.88. The van der Waals surface area contributed by atoms with Gasteiger partial charge in [0.25, 0.3) is 5.91 Å². The SMILES string of the molecule is CC(=O)c1c(C)[nH]c(C(=O)N2CCN(S(=O)(=O)c3c(Cl)cccc3Cl)CC2)c1C. The zero-order valence-corrected chi connectivity index (χ0v) is 18.6. The number of carbonyl (C=O) groups is 2. The van der Waals surface area contributed by atoms with E-state index in [1.54, 1.807) is 24.8 Å². The molecule has 156 valence electrons. The maximum atomic E-state index is 13.0. The molecule has 2 heterocycles. The van der Waals surface area contributed by atoms with E-state index in [4.69, 9.17) is 23.2 Å². The number of aromatic nitrogens is 1. The monoisotopic (exact) mass is 457 g/mol. The number of nitrogens with zero attached hydrogens (tertiary/aromatic N) is 2. The third-order valence-electron chi connectivity index (χ3n) is 5.05. The number of ketones is 1. The minimum atomic E-state index is -3.88. The van der Waals surface area contributed by atoms with E-state index in [2.05, 4.69) is 4.98 Å². The van der Waals surface area contributed by atoms with Gasteiger partial charge in [-0.25, -0.2) is 8.42 Å². The van der Waals surface area contributed by atoms with Gasteiger partial charge in [-0.1, -0.05) is 29.3 Å². The van der Waals surface area contributed by atoms with Crippen LogP contribution in [0.25, 0.3) is 0 Å². The number of aromatic amines is 1. The summed E-state index contributed by atoms with van der Waals surface area (Å²) in [6.07, 6.45) is 0. The summed E-state index contributed by atoms with van der Waals surface area (Å²) in [6.45, 7) is 5.61. The van der Waals surface area contributed by atoms with Gasteiger partial charge in [0.05, 0.1) is 10.0 Å². The third kappa shape index (κ3) is 3.94. The molecule has 1 aromatic heterocycles. The largest absolute Gasteiger partial charge is 0.354 e. The van der Waals surface area contributed by atoms with Gasteiger partial charge >= 0.3 is 0 Å². The van der Waals surface area contributed by atoms with Gasteiger partial charge in [0.15, 0.2) is 5.78 Å². The van der Waals surface area contributed by atoms with Gasteiger partial charge in [0.1, 0.15) is 10.6 Å². The number of H-pyrrole nitrogens is 1. The lowest BCUT2D eigenvalue weighted by Crippen LogP contribution is -2.50. The van der Waals surface area contributed by atoms with Crippen molar-refractivity contribution in [3.05, 3.63) is 50.8 Å². The van der Waals surface area contributed by atoms with Crippen LogP contribution in [0, 0.1) is 13.8 Å². The average molecular weight is 458 g/mol. The lowest BCUT2D eigenvalue weighted by Gasteiger charge is -2.34. The number of rotatable bonds is 4. The van der Waals surface area contributed by atoms with Crippen molar-refractivity contribution in [3.63, 3.8) is 0 Å². The summed E-state index contributed by atoms with van der Waals surface area (Å²) in [6, 6.07) is 4.53. The fraction of sp³-hybridized carbons (Fsp3) is 0.368. The molecule has 0 spiro atoms. The molecule has 1 N–H and O–H groups in total. The Morgan fingerprint density at radius 1 is 1.03 bits per heavy atom. The third-order valence-corrected chi connectivity index (χ3v) is 7.90. The molecule has 1 fully saturated rings. The maximum Gasteiger partial charge on any atom is 0.270 e. The first kappa shape index (κ1) is 21.8. The lowest BCUT2D eigenvalue weighted by atomic mass is 10.1. The molecule has 0 bridgehead atoms. The molecule has 10 heteroatoms.